The summed E-state index contributed by atoms with van der Waals surface area (Å²) in [4.78, 5) is 0.0922. The third-order valence-electron chi connectivity index (χ3n) is 1.95. The fourth-order valence-corrected chi connectivity index (χ4v) is 3.03. The first-order valence-electron chi connectivity index (χ1n) is 5.09. The summed E-state index contributed by atoms with van der Waals surface area (Å²) in [6.45, 7) is 5.06. The fourth-order valence-electron chi connectivity index (χ4n) is 1.29. The minimum atomic E-state index is -3.58. The van der Waals surface area contributed by atoms with Crippen molar-refractivity contribution in [1.29, 1.82) is 0 Å². The predicted molar refractivity (Wildman–Crippen MR) is 67.4 cm³/mol. The molecule has 4 nitrogen and oxygen atoms in total. The van der Waals surface area contributed by atoms with Crippen LogP contribution in [0.3, 0.4) is 0 Å². The van der Waals surface area contributed by atoms with Gasteiger partial charge in [0.05, 0.1) is 11.5 Å². The van der Waals surface area contributed by atoms with Crippen LogP contribution in [-0.4, -0.2) is 19.1 Å². The normalized spacial score (nSPS) is 12.8. The lowest BCUT2D eigenvalue weighted by atomic mass is 10.1. The molecule has 0 unspecified atom stereocenters. The van der Waals surface area contributed by atoms with Gasteiger partial charge in [0.1, 0.15) is 0 Å². The zero-order chi connectivity index (χ0) is 13.3. The number of benzene rings is 1. The lowest BCUT2D eigenvalue weighted by Crippen LogP contribution is -2.40. The monoisotopic (exact) mass is 277 g/mol. The minimum absolute atomic E-state index is 0.0922. The van der Waals surface area contributed by atoms with Crippen LogP contribution in [0.4, 0.5) is 0 Å². The highest BCUT2D eigenvalue weighted by molar-refractivity contribution is 7.89. The zero-order valence-electron chi connectivity index (χ0n) is 9.99. The molecule has 96 valence electrons. The molecule has 1 aromatic carbocycles. The van der Waals surface area contributed by atoms with Crippen molar-refractivity contribution in [2.24, 2.45) is 0 Å². The van der Waals surface area contributed by atoms with Crippen LogP contribution in [0.15, 0.2) is 23.1 Å². The van der Waals surface area contributed by atoms with Gasteiger partial charge in [0.25, 0.3) is 0 Å². The molecule has 0 aromatic heterocycles. The van der Waals surface area contributed by atoms with Crippen molar-refractivity contribution in [2.45, 2.75) is 37.8 Å². The van der Waals surface area contributed by atoms with E-state index < -0.39 is 15.6 Å². The van der Waals surface area contributed by atoms with Crippen LogP contribution in [0.2, 0.25) is 5.02 Å². The summed E-state index contributed by atoms with van der Waals surface area (Å²) in [6, 6.07) is 4.26. The van der Waals surface area contributed by atoms with E-state index in [1.165, 1.54) is 18.2 Å². The maximum Gasteiger partial charge on any atom is 0.241 e. The van der Waals surface area contributed by atoms with Crippen molar-refractivity contribution in [1.82, 2.24) is 4.72 Å². The van der Waals surface area contributed by atoms with Crippen molar-refractivity contribution in [3.63, 3.8) is 0 Å². The molecule has 0 aliphatic carbocycles. The van der Waals surface area contributed by atoms with Crippen molar-refractivity contribution in [2.75, 3.05) is 0 Å². The number of nitrogens with one attached hydrogen (secondary N) is 1. The molecule has 0 fully saturated rings. The van der Waals surface area contributed by atoms with Crippen molar-refractivity contribution >= 4 is 21.6 Å². The Hall–Kier alpha value is -0.620. The number of hydrogen-bond donors (Lipinski definition) is 2. The van der Waals surface area contributed by atoms with Crippen LogP contribution in [0.5, 0.6) is 0 Å². The maximum absolute atomic E-state index is 12.0. The third-order valence-corrected chi connectivity index (χ3v) is 4.05. The summed E-state index contributed by atoms with van der Waals surface area (Å²) in [5.74, 6) is 0. The number of hydrogen-bond acceptors (Lipinski definition) is 3. The Kier molecular flexibility index (Phi) is 4.19. The number of rotatable bonds is 3. The second kappa shape index (κ2) is 4.94. The van der Waals surface area contributed by atoms with Gasteiger partial charge in [-0.2, -0.15) is 0 Å². The zero-order valence-corrected chi connectivity index (χ0v) is 11.6. The molecule has 1 aromatic rings. The van der Waals surface area contributed by atoms with E-state index in [2.05, 4.69) is 4.72 Å². The highest BCUT2D eigenvalue weighted by Crippen LogP contribution is 2.21. The Bertz CT molecular complexity index is 506. The van der Waals surface area contributed by atoms with Gasteiger partial charge in [-0.3, -0.25) is 0 Å². The van der Waals surface area contributed by atoms with E-state index in [0.717, 1.165) is 0 Å². The van der Waals surface area contributed by atoms with Gasteiger partial charge in [-0.15, -0.1) is 0 Å². The van der Waals surface area contributed by atoms with Crippen LogP contribution >= 0.6 is 11.6 Å². The smallest absolute Gasteiger partial charge is 0.241 e. The summed E-state index contributed by atoms with van der Waals surface area (Å²) in [6.07, 6.45) is 0. The van der Waals surface area contributed by atoms with E-state index in [-0.39, 0.29) is 16.5 Å². The molecule has 0 aliphatic rings. The van der Waals surface area contributed by atoms with Crippen LogP contribution < -0.4 is 4.72 Å². The number of aliphatic hydroxyl groups is 1. The summed E-state index contributed by atoms with van der Waals surface area (Å²) >= 11 is 5.85. The van der Waals surface area contributed by atoms with E-state index in [1.54, 1.807) is 20.8 Å². The number of aliphatic hydroxyl groups excluding tert-OH is 1. The second-order valence-electron chi connectivity index (χ2n) is 4.77. The first-order chi connectivity index (χ1) is 7.65. The van der Waals surface area contributed by atoms with Gasteiger partial charge in [0, 0.05) is 10.6 Å². The fraction of sp³-hybridized carbons (Fsp3) is 0.455. The summed E-state index contributed by atoms with van der Waals surface area (Å²) in [7, 11) is -3.58. The molecule has 17 heavy (non-hydrogen) atoms. The molecule has 0 saturated heterocycles. The standard InChI is InChI=1S/C11H16ClNO3S/c1-11(2,3)13-17(15,16)9-5-4-8(7-14)10(12)6-9/h4-6,13-14H,7H2,1-3H3. The molecule has 0 amide bonds. The van der Waals surface area contributed by atoms with Gasteiger partial charge in [-0.1, -0.05) is 17.7 Å². The minimum Gasteiger partial charge on any atom is -0.392 e. The summed E-state index contributed by atoms with van der Waals surface area (Å²) < 4.78 is 26.5. The largest absolute Gasteiger partial charge is 0.392 e. The third kappa shape index (κ3) is 3.96. The highest BCUT2D eigenvalue weighted by atomic mass is 35.5. The molecule has 0 saturated carbocycles. The summed E-state index contributed by atoms with van der Waals surface area (Å²) in [5, 5.41) is 9.19. The lowest BCUT2D eigenvalue weighted by molar-refractivity contribution is 0.282. The average Bonchev–Trinajstić information content (AvgIpc) is 2.13. The van der Waals surface area contributed by atoms with Crippen LogP contribution in [0.1, 0.15) is 26.3 Å². The van der Waals surface area contributed by atoms with Gasteiger partial charge in [-0.05, 0) is 38.5 Å². The van der Waals surface area contributed by atoms with Crippen LogP contribution in [-0.2, 0) is 16.6 Å². The Labute approximate surface area is 107 Å². The van der Waals surface area contributed by atoms with Crippen LogP contribution in [0.25, 0.3) is 0 Å². The van der Waals surface area contributed by atoms with Crippen molar-refractivity contribution in [3.8, 4) is 0 Å². The molecular formula is C11H16ClNO3S. The Morgan fingerprint density at radius 1 is 1.35 bits per heavy atom. The number of sulfonamides is 1. The summed E-state index contributed by atoms with van der Waals surface area (Å²) in [5.41, 5.74) is -0.0533. The quantitative estimate of drug-likeness (QED) is 0.887. The van der Waals surface area contributed by atoms with Crippen molar-refractivity contribution < 1.29 is 13.5 Å². The Morgan fingerprint density at radius 2 is 1.94 bits per heavy atom. The highest BCUT2D eigenvalue weighted by Gasteiger charge is 2.22. The molecule has 0 heterocycles. The molecule has 0 atom stereocenters. The molecule has 0 aliphatic heterocycles. The van der Waals surface area contributed by atoms with E-state index >= 15 is 0 Å². The molecule has 0 spiro atoms. The average molecular weight is 278 g/mol. The van der Waals surface area contributed by atoms with Gasteiger partial charge < -0.3 is 5.11 Å². The molecule has 6 heteroatoms. The molecule has 2 N–H and O–H groups in total. The molecule has 0 radical (unpaired) electrons. The van der Waals surface area contributed by atoms with Gasteiger partial charge in [-0.25, -0.2) is 13.1 Å². The number of halogens is 1. The van der Waals surface area contributed by atoms with Gasteiger partial charge >= 0.3 is 0 Å². The Balaban J connectivity index is 3.13. The molecule has 1 rings (SSSR count). The van der Waals surface area contributed by atoms with E-state index in [9.17, 15) is 8.42 Å². The molecular weight excluding hydrogens is 262 g/mol. The Morgan fingerprint density at radius 3 is 2.35 bits per heavy atom. The topological polar surface area (TPSA) is 66.4 Å². The maximum atomic E-state index is 12.0. The predicted octanol–water partition coefficient (Wildman–Crippen LogP) is 1.91. The van der Waals surface area contributed by atoms with Crippen LogP contribution in [0, 0.1) is 0 Å². The van der Waals surface area contributed by atoms with Gasteiger partial charge in [0.2, 0.25) is 10.0 Å². The lowest BCUT2D eigenvalue weighted by Gasteiger charge is -2.20. The van der Waals surface area contributed by atoms with Gasteiger partial charge in [0.15, 0.2) is 0 Å². The second-order valence-corrected chi connectivity index (χ2v) is 6.86. The van der Waals surface area contributed by atoms with E-state index in [4.69, 9.17) is 16.7 Å². The first kappa shape index (κ1) is 14.4. The molecule has 0 bridgehead atoms. The van der Waals surface area contributed by atoms with E-state index in [0.29, 0.717) is 5.56 Å². The van der Waals surface area contributed by atoms with E-state index in [1.807, 2.05) is 0 Å². The first-order valence-corrected chi connectivity index (χ1v) is 6.95. The van der Waals surface area contributed by atoms with Crippen molar-refractivity contribution in [3.05, 3.63) is 28.8 Å². The SMILES string of the molecule is CC(C)(C)NS(=O)(=O)c1ccc(CO)c(Cl)c1.